The van der Waals surface area contributed by atoms with Crippen LogP contribution in [0.2, 0.25) is 0 Å². The lowest BCUT2D eigenvalue weighted by Gasteiger charge is -2.38. The Morgan fingerprint density at radius 3 is 2.15 bits per heavy atom. The van der Waals surface area contributed by atoms with E-state index in [0.29, 0.717) is 31.9 Å². The molecule has 7 nitrogen and oxygen atoms in total. The summed E-state index contributed by atoms with van der Waals surface area (Å²) in [7, 11) is -3.92. The average Bonchev–Trinajstić information content (AvgIpc) is 2.84. The molecule has 34 heavy (non-hydrogen) atoms. The maximum atomic E-state index is 13.2. The number of nitrogens with one attached hydrogen (secondary N) is 1. The van der Waals surface area contributed by atoms with Gasteiger partial charge in [-0.15, -0.1) is 0 Å². The summed E-state index contributed by atoms with van der Waals surface area (Å²) >= 11 is 0. The van der Waals surface area contributed by atoms with Gasteiger partial charge in [0.05, 0.1) is 21.8 Å². The third kappa shape index (κ3) is 5.14. The van der Waals surface area contributed by atoms with Gasteiger partial charge in [0.2, 0.25) is 0 Å². The Bertz CT molecular complexity index is 1270. The van der Waals surface area contributed by atoms with Crippen LogP contribution in [-0.2, 0) is 16.4 Å². The van der Waals surface area contributed by atoms with Crippen LogP contribution in [-0.4, -0.2) is 45.7 Å². The normalized spacial score (nSPS) is 14.2. The molecule has 0 aromatic heterocycles. The van der Waals surface area contributed by atoms with Gasteiger partial charge in [-0.25, -0.2) is 17.6 Å². The molecule has 0 aliphatic carbocycles. The molecule has 178 valence electrons. The molecule has 0 bridgehead atoms. The van der Waals surface area contributed by atoms with Crippen molar-refractivity contribution in [2.24, 2.45) is 0 Å². The van der Waals surface area contributed by atoms with Gasteiger partial charge in [0.25, 0.3) is 10.0 Å². The zero-order chi connectivity index (χ0) is 24.3. The van der Waals surface area contributed by atoms with Gasteiger partial charge in [-0.1, -0.05) is 19.1 Å². The maximum Gasteiger partial charge on any atom is 0.335 e. The molecule has 4 rings (SSSR count). The Morgan fingerprint density at radius 2 is 1.56 bits per heavy atom. The smallest absolute Gasteiger partial charge is 0.335 e. The van der Waals surface area contributed by atoms with E-state index < -0.39 is 16.0 Å². The standard InChI is InChI=1S/C25H26FN3O4S/c1-2-18-3-10-22(11-4-18)34(32,33)27-23-17-19(25(30)31)5-12-24(23)29-15-13-28(14-16-29)21-8-6-20(26)7-9-21/h3-12,17,27H,2,13-16H2,1H3,(H,30,31). The van der Waals surface area contributed by atoms with Gasteiger partial charge in [0.15, 0.2) is 0 Å². The summed E-state index contributed by atoms with van der Waals surface area (Å²) in [5.41, 5.74) is 2.75. The minimum atomic E-state index is -3.92. The van der Waals surface area contributed by atoms with Crippen LogP contribution in [0.25, 0.3) is 0 Å². The van der Waals surface area contributed by atoms with Gasteiger partial charge in [0.1, 0.15) is 5.82 Å². The summed E-state index contributed by atoms with van der Waals surface area (Å²) < 4.78 is 42.0. The molecular weight excluding hydrogens is 457 g/mol. The predicted octanol–water partition coefficient (Wildman–Crippen LogP) is 4.21. The number of carboxylic acids is 1. The first-order chi connectivity index (χ1) is 16.3. The van der Waals surface area contributed by atoms with Crippen molar-refractivity contribution < 1.29 is 22.7 Å². The Hall–Kier alpha value is -3.59. The first-order valence-corrected chi connectivity index (χ1v) is 12.5. The third-order valence-electron chi connectivity index (χ3n) is 5.94. The van der Waals surface area contributed by atoms with E-state index >= 15 is 0 Å². The number of aromatic carboxylic acids is 1. The van der Waals surface area contributed by atoms with Crippen molar-refractivity contribution in [1.82, 2.24) is 0 Å². The summed E-state index contributed by atoms with van der Waals surface area (Å²) in [5, 5.41) is 9.44. The molecule has 3 aromatic rings. The largest absolute Gasteiger partial charge is 0.478 e. The maximum absolute atomic E-state index is 13.2. The van der Waals surface area contributed by atoms with Crippen LogP contribution in [0.3, 0.4) is 0 Å². The molecule has 0 radical (unpaired) electrons. The molecule has 1 heterocycles. The molecule has 1 fully saturated rings. The number of halogens is 1. The molecule has 0 amide bonds. The van der Waals surface area contributed by atoms with Gasteiger partial charge in [-0.3, -0.25) is 4.72 Å². The van der Waals surface area contributed by atoms with E-state index in [4.69, 9.17) is 0 Å². The highest BCUT2D eigenvalue weighted by Crippen LogP contribution is 2.31. The highest BCUT2D eigenvalue weighted by molar-refractivity contribution is 7.92. The lowest BCUT2D eigenvalue weighted by Crippen LogP contribution is -2.46. The molecule has 0 spiro atoms. The van der Waals surface area contributed by atoms with Crippen molar-refractivity contribution in [3.05, 3.63) is 83.7 Å². The van der Waals surface area contributed by atoms with Gasteiger partial charge in [0, 0.05) is 31.9 Å². The number of hydrogen-bond acceptors (Lipinski definition) is 5. The quantitative estimate of drug-likeness (QED) is 0.523. The first kappa shape index (κ1) is 23.6. The van der Waals surface area contributed by atoms with E-state index in [1.54, 1.807) is 42.5 Å². The first-order valence-electron chi connectivity index (χ1n) is 11.0. The van der Waals surface area contributed by atoms with Crippen LogP contribution in [0, 0.1) is 5.82 Å². The number of hydrogen-bond donors (Lipinski definition) is 2. The number of carboxylic acid groups (broad SMARTS) is 1. The molecule has 1 aliphatic heterocycles. The second-order valence-corrected chi connectivity index (χ2v) is 9.77. The summed E-state index contributed by atoms with van der Waals surface area (Å²) in [6, 6.07) is 17.4. The van der Waals surface area contributed by atoms with E-state index in [9.17, 15) is 22.7 Å². The number of aryl methyl sites for hydroxylation is 1. The zero-order valence-electron chi connectivity index (χ0n) is 18.7. The van der Waals surface area contributed by atoms with Crippen LogP contribution >= 0.6 is 0 Å². The molecule has 0 atom stereocenters. The summed E-state index contributed by atoms with van der Waals surface area (Å²) in [6.07, 6.45) is 0.794. The number of benzene rings is 3. The fourth-order valence-corrected chi connectivity index (χ4v) is 5.06. The van der Waals surface area contributed by atoms with Gasteiger partial charge < -0.3 is 14.9 Å². The lowest BCUT2D eigenvalue weighted by atomic mass is 10.1. The second kappa shape index (κ2) is 9.72. The van der Waals surface area contributed by atoms with E-state index in [2.05, 4.69) is 9.62 Å². The fraction of sp³-hybridized carbons (Fsp3) is 0.240. The average molecular weight is 484 g/mol. The van der Waals surface area contributed by atoms with Crippen LogP contribution < -0.4 is 14.5 Å². The summed E-state index contributed by atoms with van der Waals surface area (Å²) in [4.78, 5) is 15.8. The van der Waals surface area contributed by atoms with Crippen molar-refractivity contribution in [3.63, 3.8) is 0 Å². The Morgan fingerprint density at radius 1 is 0.941 bits per heavy atom. The molecule has 1 aliphatic rings. The lowest BCUT2D eigenvalue weighted by molar-refractivity contribution is 0.0697. The number of anilines is 3. The van der Waals surface area contributed by atoms with E-state index in [0.717, 1.165) is 17.7 Å². The molecular formula is C25H26FN3O4S. The number of piperazine rings is 1. The number of rotatable bonds is 7. The van der Waals surface area contributed by atoms with Gasteiger partial charge in [-0.05, 0) is 66.6 Å². The van der Waals surface area contributed by atoms with Gasteiger partial charge in [-0.2, -0.15) is 0 Å². The number of carbonyl (C=O) groups is 1. The van der Waals surface area contributed by atoms with Crippen molar-refractivity contribution in [2.75, 3.05) is 40.7 Å². The van der Waals surface area contributed by atoms with Crippen LogP contribution in [0.4, 0.5) is 21.5 Å². The Balaban J connectivity index is 1.58. The molecule has 3 aromatic carbocycles. The molecule has 2 N–H and O–H groups in total. The molecule has 1 saturated heterocycles. The predicted molar refractivity (Wildman–Crippen MR) is 131 cm³/mol. The second-order valence-electron chi connectivity index (χ2n) is 8.09. The highest BCUT2D eigenvalue weighted by Gasteiger charge is 2.23. The van der Waals surface area contributed by atoms with E-state index in [1.807, 2.05) is 11.8 Å². The van der Waals surface area contributed by atoms with Gasteiger partial charge >= 0.3 is 5.97 Å². The van der Waals surface area contributed by atoms with E-state index in [1.165, 1.54) is 24.3 Å². The molecule has 0 unspecified atom stereocenters. The van der Waals surface area contributed by atoms with Crippen molar-refractivity contribution in [3.8, 4) is 0 Å². The van der Waals surface area contributed by atoms with Crippen LogP contribution in [0.15, 0.2) is 71.6 Å². The SMILES string of the molecule is CCc1ccc(S(=O)(=O)Nc2cc(C(=O)O)ccc2N2CCN(c3ccc(F)cc3)CC2)cc1. The minimum Gasteiger partial charge on any atom is -0.478 e. The van der Waals surface area contributed by atoms with Crippen LogP contribution in [0.5, 0.6) is 0 Å². The van der Waals surface area contributed by atoms with E-state index in [-0.39, 0.29) is 22.0 Å². The third-order valence-corrected chi connectivity index (χ3v) is 7.32. The molecule has 0 saturated carbocycles. The number of nitrogens with zero attached hydrogens (tertiary/aromatic N) is 2. The van der Waals surface area contributed by atoms with Crippen molar-refractivity contribution >= 4 is 33.1 Å². The fourth-order valence-electron chi connectivity index (χ4n) is 3.99. The summed E-state index contributed by atoms with van der Waals surface area (Å²) in [5.74, 6) is -1.43. The highest BCUT2D eigenvalue weighted by atomic mass is 32.2. The summed E-state index contributed by atoms with van der Waals surface area (Å²) in [6.45, 7) is 4.46. The van der Waals surface area contributed by atoms with Crippen molar-refractivity contribution in [1.29, 1.82) is 0 Å². The topological polar surface area (TPSA) is 89.9 Å². The Labute approximate surface area is 198 Å². The Kier molecular flexibility index (Phi) is 6.74. The minimum absolute atomic E-state index is 0.00673. The molecule has 9 heteroatoms. The number of sulfonamides is 1. The zero-order valence-corrected chi connectivity index (χ0v) is 19.6. The monoisotopic (exact) mass is 483 g/mol. The van der Waals surface area contributed by atoms with Crippen LogP contribution in [0.1, 0.15) is 22.8 Å². The van der Waals surface area contributed by atoms with Crippen molar-refractivity contribution in [2.45, 2.75) is 18.2 Å².